The van der Waals surface area contributed by atoms with Crippen LogP contribution in [0.15, 0.2) is 67.0 Å². The van der Waals surface area contributed by atoms with Gasteiger partial charge >= 0.3 is 24.5 Å². The minimum absolute atomic E-state index is 0.0789. The first-order valence-electron chi connectivity index (χ1n) is 25.8. The van der Waals surface area contributed by atoms with Crippen molar-refractivity contribution in [3.05, 3.63) is 95.3 Å². The molecule has 4 fully saturated rings. The number of aliphatic hydroxyl groups is 1. The number of hydrazine groups is 1. The molecule has 6 atom stereocenters. The second kappa shape index (κ2) is 23.5. The molecular formula is C54H62F8N10O8. The molecule has 2 bridgehead atoms. The van der Waals surface area contributed by atoms with Crippen molar-refractivity contribution < 1.29 is 73.6 Å². The Bertz CT molecular complexity index is 2920. The Labute approximate surface area is 455 Å². The van der Waals surface area contributed by atoms with E-state index >= 15 is 8.78 Å². The number of fused-ring (bicyclic) bond motifs is 2. The summed E-state index contributed by atoms with van der Waals surface area (Å²) in [4.78, 5) is 62.7. The van der Waals surface area contributed by atoms with Crippen LogP contribution in [0.4, 0.5) is 56.2 Å². The van der Waals surface area contributed by atoms with Crippen molar-refractivity contribution in [3.63, 3.8) is 0 Å². The van der Waals surface area contributed by atoms with Crippen LogP contribution in [0.5, 0.6) is 0 Å². The molecule has 5 N–H and O–H groups in total. The number of nitrogens with one attached hydrogen (secondary N) is 4. The van der Waals surface area contributed by atoms with E-state index in [9.17, 15) is 50.6 Å². The van der Waals surface area contributed by atoms with E-state index in [-0.39, 0.29) is 22.9 Å². The number of hydrogen-bond donors (Lipinski definition) is 5. The minimum atomic E-state index is -5.22. The lowest BCUT2D eigenvalue weighted by Crippen LogP contribution is -2.64. The number of nitrogens with zero attached hydrogens (tertiary/aromatic N) is 6. The van der Waals surface area contributed by atoms with Crippen LogP contribution in [0.2, 0.25) is 0 Å². The van der Waals surface area contributed by atoms with Crippen LogP contribution >= 0.6 is 0 Å². The van der Waals surface area contributed by atoms with Gasteiger partial charge in [0.05, 0.1) is 74.7 Å². The van der Waals surface area contributed by atoms with Gasteiger partial charge in [0.25, 0.3) is 5.91 Å². The van der Waals surface area contributed by atoms with E-state index in [1.807, 2.05) is 22.9 Å². The molecule has 80 heavy (non-hydrogen) atoms. The van der Waals surface area contributed by atoms with Crippen molar-refractivity contribution in [2.24, 2.45) is 10.8 Å². The summed E-state index contributed by atoms with van der Waals surface area (Å²) in [6, 6.07) is 7.59. The number of piperazine rings is 1. The molecule has 5 heterocycles. The summed E-state index contributed by atoms with van der Waals surface area (Å²) in [6.45, 7) is 4.35. The van der Waals surface area contributed by atoms with Gasteiger partial charge in [-0.3, -0.25) is 29.6 Å². The topological polar surface area (TPSA) is 205 Å². The maximum Gasteiger partial charge on any atom is 0.407 e. The van der Waals surface area contributed by atoms with E-state index < -0.39 is 102 Å². The first-order valence-corrected chi connectivity index (χ1v) is 25.8. The number of aromatic nitrogens is 3. The van der Waals surface area contributed by atoms with Crippen LogP contribution in [0.3, 0.4) is 0 Å². The van der Waals surface area contributed by atoms with Gasteiger partial charge < -0.3 is 40.2 Å². The highest BCUT2D eigenvalue weighted by molar-refractivity contribution is 5.88. The van der Waals surface area contributed by atoms with Crippen molar-refractivity contribution in [2.45, 2.75) is 121 Å². The zero-order valence-electron chi connectivity index (χ0n) is 44.6. The van der Waals surface area contributed by atoms with Gasteiger partial charge in [-0.1, -0.05) is 24.0 Å². The molecule has 4 aliphatic rings. The molecule has 0 radical (unpaired) electrons. The standard InChI is InChI=1S/C54H62F8N10O8/c1-51(2,53(57,58)59)45(65-49(76)78-5)47(74)64-41(21-31-10-7-30(8-11-31)9-12-32-13-18-43(63-24-32)69-25-35-16-17-36(26-69)72(35)37-28-80-29-37)42(73)27-71(68-48(75)46(66-50(77)79-6)52(3,4)54(60,61)62)44-38(55)22-33(23-39(44)56)40-19-20-70(67-40)34-14-15-34/h7-8,10-11,13,18-20,22-24,34-37,41-42,45-46,73H,14-17,21,25-29H2,1-6H3,(H,64,74)(H,65,76)(H,66,77)(H,68,75)/t35?,36?,41?,42-,45+,46+/m0/s1. The molecule has 1 saturated carbocycles. The highest BCUT2D eigenvalue weighted by atomic mass is 19.4. The average Bonchev–Trinajstić information content (AvgIpc) is 4.17. The molecule has 3 saturated heterocycles. The summed E-state index contributed by atoms with van der Waals surface area (Å²) in [7, 11) is 1.64. The van der Waals surface area contributed by atoms with Crippen LogP contribution in [-0.4, -0.2) is 151 Å². The summed E-state index contributed by atoms with van der Waals surface area (Å²) in [5, 5.41) is 22.8. The number of alkyl halides is 6. The van der Waals surface area contributed by atoms with Gasteiger partial charge in [0.1, 0.15) is 23.6 Å². The molecule has 2 aromatic heterocycles. The lowest BCUT2D eigenvalue weighted by Gasteiger charge is -2.47. The smallest absolute Gasteiger partial charge is 0.407 e. The lowest BCUT2D eigenvalue weighted by molar-refractivity contribution is -0.221. The number of halogens is 8. The van der Waals surface area contributed by atoms with Gasteiger partial charge in [-0.05, 0) is 108 Å². The van der Waals surface area contributed by atoms with Crippen molar-refractivity contribution in [1.29, 1.82) is 0 Å². The van der Waals surface area contributed by atoms with Crippen LogP contribution in [0.25, 0.3) is 11.3 Å². The predicted molar refractivity (Wildman–Crippen MR) is 273 cm³/mol. The van der Waals surface area contributed by atoms with Crippen molar-refractivity contribution >= 4 is 35.5 Å². The second-order valence-electron chi connectivity index (χ2n) is 21.5. The molecule has 0 spiro atoms. The molecule has 26 heteroatoms. The monoisotopic (exact) mass is 1130 g/mol. The van der Waals surface area contributed by atoms with Crippen LogP contribution in [-0.2, 0) is 30.2 Å². The van der Waals surface area contributed by atoms with Gasteiger partial charge in [-0.15, -0.1) is 0 Å². The number of hydrogen-bond acceptors (Lipinski definition) is 13. The Hall–Kier alpha value is -7.24. The Morgan fingerprint density at radius 2 is 1.29 bits per heavy atom. The fraction of sp³-hybridized carbons (Fsp3) is 0.519. The normalized spacial score (nSPS) is 19.3. The predicted octanol–water partition coefficient (Wildman–Crippen LogP) is 6.56. The van der Waals surface area contributed by atoms with Crippen LogP contribution in [0, 0.1) is 34.3 Å². The third-order valence-corrected chi connectivity index (χ3v) is 15.3. The highest BCUT2D eigenvalue weighted by Crippen LogP contribution is 2.43. The van der Waals surface area contributed by atoms with Crippen molar-refractivity contribution in [2.75, 3.05) is 57.0 Å². The van der Waals surface area contributed by atoms with Gasteiger partial charge in [-0.25, -0.2) is 23.4 Å². The number of ether oxygens (including phenoxy) is 3. The third-order valence-electron chi connectivity index (χ3n) is 15.3. The number of alkyl carbamates (subject to hydrolysis) is 2. The molecule has 1 aliphatic carbocycles. The van der Waals surface area contributed by atoms with E-state index in [0.717, 1.165) is 84.2 Å². The van der Waals surface area contributed by atoms with Crippen molar-refractivity contribution in [1.82, 2.24) is 41.0 Å². The molecule has 8 rings (SSSR count). The summed E-state index contributed by atoms with van der Waals surface area (Å²) in [5.41, 5.74) is -3.92. The van der Waals surface area contributed by atoms with E-state index in [2.05, 4.69) is 46.5 Å². The van der Waals surface area contributed by atoms with Crippen molar-refractivity contribution in [3.8, 4) is 23.1 Å². The fourth-order valence-electron chi connectivity index (χ4n) is 9.97. The highest BCUT2D eigenvalue weighted by Gasteiger charge is 2.57. The maximum absolute atomic E-state index is 16.6. The number of carbonyl (C=O) groups is 4. The summed E-state index contributed by atoms with van der Waals surface area (Å²) in [6.07, 6.45) is -8.85. The van der Waals surface area contributed by atoms with E-state index in [1.165, 1.54) is 18.2 Å². The van der Waals surface area contributed by atoms with E-state index in [1.54, 1.807) is 34.5 Å². The molecule has 432 valence electrons. The second-order valence-corrected chi connectivity index (χ2v) is 21.5. The molecule has 3 unspecified atom stereocenters. The number of benzene rings is 2. The third kappa shape index (κ3) is 13.0. The lowest BCUT2D eigenvalue weighted by atomic mass is 9.82. The molecule has 2 aromatic carbocycles. The van der Waals surface area contributed by atoms with Crippen LogP contribution < -0.4 is 31.3 Å². The van der Waals surface area contributed by atoms with Gasteiger partial charge in [0.15, 0.2) is 11.6 Å². The Balaban J connectivity index is 1.09. The number of amides is 4. The fourth-order valence-corrected chi connectivity index (χ4v) is 9.97. The Morgan fingerprint density at radius 1 is 0.750 bits per heavy atom. The molecule has 4 amide bonds. The number of methoxy groups -OCH3 is 2. The van der Waals surface area contributed by atoms with Gasteiger partial charge in [0, 0.05) is 54.3 Å². The molecule has 18 nitrogen and oxygen atoms in total. The Morgan fingerprint density at radius 3 is 1.79 bits per heavy atom. The largest absolute Gasteiger partial charge is 0.453 e. The first kappa shape index (κ1) is 58.9. The molecule has 4 aromatic rings. The number of pyridine rings is 1. The van der Waals surface area contributed by atoms with E-state index in [4.69, 9.17) is 4.74 Å². The summed E-state index contributed by atoms with van der Waals surface area (Å²) in [5.74, 6) is 0.776. The minimum Gasteiger partial charge on any atom is -0.453 e. The first-order chi connectivity index (χ1) is 37.7. The zero-order valence-corrected chi connectivity index (χ0v) is 44.6. The van der Waals surface area contributed by atoms with Gasteiger partial charge in [0.2, 0.25) is 5.91 Å². The molecular weight excluding hydrogens is 1070 g/mol. The number of anilines is 2. The SMILES string of the molecule is COC(=O)N[C@H](C(=O)NC(Cc1ccc(C#Cc2ccc(N3CC4CCC(C3)N4C3COC3)nc2)cc1)[C@@H](O)CN(NC(=O)[C@@H](NC(=O)OC)C(C)(C)C(F)(F)F)c1c(F)cc(-c2ccn(C3CC3)n2)cc1F)C(C)(C)C(F)(F)F. The van der Waals surface area contributed by atoms with Crippen LogP contribution in [0.1, 0.15) is 76.1 Å². The Kier molecular flexibility index (Phi) is 17.3. The summed E-state index contributed by atoms with van der Waals surface area (Å²) >= 11 is 0. The average molecular weight is 1130 g/mol. The van der Waals surface area contributed by atoms with Gasteiger partial charge in [-0.2, -0.15) is 31.4 Å². The molecule has 3 aliphatic heterocycles. The van der Waals surface area contributed by atoms with E-state index in [0.29, 0.717) is 62.0 Å². The summed E-state index contributed by atoms with van der Waals surface area (Å²) < 4.78 is 137. The number of aliphatic hydroxyl groups excluding tert-OH is 1. The number of rotatable bonds is 18. The number of carbonyl (C=O) groups excluding carboxylic acids is 4. The maximum atomic E-state index is 16.6. The zero-order chi connectivity index (χ0) is 58.1. The quantitative estimate of drug-likeness (QED) is 0.0408.